The summed E-state index contributed by atoms with van der Waals surface area (Å²) in [6.45, 7) is 8.05. The van der Waals surface area contributed by atoms with E-state index in [9.17, 15) is 4.39 Å². The summed E-state index contributed by atoms with van der Waals surface area (Å²) in [5.74, 6) is 2.83. The minimum absolute atomic E-state index is 0. The van der Waals surface area contributed by atoms with Crippen LogP contribution in [-0.2, 0) is 65.4 Å². The Bertz CT molecular complexity index is 605. The smallest absolute Gasteiger partial charge is 0 e. The summed E-state index contributed by atoms with van der Waals surface area (Å²) in [4.78, 5) is 7.65. The molecule has 0 amide bonds. The zero-order valence-corrected chi connectivity index (χ0v) is 19.6. The van der Waals surface area contributed by atoms with E-state index in [1.54, 1.807) is 12.3 Å². The van der Waals surface area contributed by atoms with Gasteiger partial charge in [0.2, 0.25) is 0 Å². The molecule has 116 valence electrons. The second kappa shape index (κ2) is 13.3. The summed E-state index contributed by atoms with van der Waals surface area (Å²) in [6, 6.07) is 7.58. The van der Waals surface area contributed by atoms with E-state index in [2.05, 4.69) is 41.9 Å². The van der Waals surface area contributed by atoms with Gasteiger partial charge in [-0.05, 0) is 23.6 Å². The molecule has 0 saturated heterocycles. The molecule has 2 heterocycles. The standard InChI is InChI=1S/C10H10N.C8H9FN.2Y/c1-4-10-6-5-9(7-11-10)8(2)3;1-6(2)7-3-4-10-5-8(7)9;;/h1,6-8H,2-3H3;4-6H,1-2H3;;/q2*-1;;. The Hall–Kier alpha value is -0.00221. The van der Waals surface area contributed by atoms with Gasteiger partial charge in [0.15, 0.2) is 0 Å². The van der Waals surface area contributed by atoms with Gasteiger partial charge in [0.05, 0.1) is 0 Å². The average Bonchev–Trinajstić information content (AvgIpc) is 2.48. The van der Waals surface area contributed by atoms with E-state index in [0.29, 0.717) is 17.2 Å². The maximum atomic E-state index is 12.7. The largest absolute Gasteiger partial charge is 0.375 e. The predicted octanol–water partition coefficient (Wildman–Crippen LogP) is 4.13. The van der Waals surface area contributed by atoms with Gasteiger partial charge < -0.3 is 14.4 Å². The molecule has 0 fully saturated rings. The van der Waals surface area contributed by atoms with Gasteiger partial charge in [-0.1, -0.05) is 46.0 Å². The number of hydrogen-bond acceptors (Lipinski definition) is 2. The monoisotopic (exact) mass is 460 g/mol. The summed E-state index contributed by atoms with van der Waals surface area (Å²) in [6.07, 6.45) is 9.62. The number of aromatic nitrogens is 2. The molecule has 0 N–H and O–H groups in total. The van der Waals surface area contributed by atoms with Crippen LogP contribution < -0.4 is 0 Å². The van der Waals surface area contributed by atoms with E-state index < -0.39 is 0 Å². The molecule has 2 nitrogen and oxygen atoms in total. The average molecular weight is 460 g/mol. The van der Waals surface area contributed by atoms with Crippen LogP contribution in [0.25, 0.3) is 0 Å². The molecule has 0 unspecified atom stereocenters. The number of rotatable bonds is 2. The van der Waals surface area contributed by atoms with Gasteiger partial charge in [0.25, 0.3) is 0 Å². The molecule has 2 aromatic rings. The van der Waals surface area contributed by atoms with E-state index in [1.165, 1.54) is 12.4 Å². The van der Waals surface area contributed by atoms with Crippen molar-refractivity contribution < 1.29 is 69.8 Å². The van der Waals surface area contributed by atoms with Crippen molar-refractivity contribution in [1.29, 1.82) is 0 Å². The first-order valence-electron chi connectivity index (χ1n) is 6.81. The zero-order valence-electron chi connectivity index (χ0n) is 14.0. The van der Waals surface area contributed by atoms with Crippen LogP contribution in [0.3, 0.4) is 0 Å². The first-order valence-corrected chi connectivity index (χ1v) is 6.81. The third kappa shape index (κ3) is 9.16. The van der Waals surface area contributed by atoms with Crippen LogP contribution in [0, 0.1) is 30.3 Å². The Balaban J connectivity index is 0. The Morgan fingerprint density at radius 1 is 1.09 bits per heavy atom. The molecule has 0 spiro atoms. The quantitative estimate of drug-likeness (QED) is 0.498. The SMILES string of the molecule is C#Cc1c[c-]c(C(C)C)cn1.CC(C)c1[c-]cncc1F.[Y].[Y]. The number of hydrogen-bond donors (Lipinski definition) is 0. The van der Waals surface area contributed by atoms with Crippen molar-refractivity contribution in [1.82, 2.24) is 9.97 Å². The molecule has 0 aromatic carbocycles. The van der Waals surface area contributed by atoms with E-state index in [1.807, 2.05) is 13.8 Å². The van der Waals surface area contributed by atoms with Crippen LogP contribution in [-0.4, -0.2) is 9.97 Å². The van der Waals surface area contributed by atoms with E-state index in [4.69, 9.17) is 6.42 Å². The number of halogens is 1. The topological polar surface area (TPSA) is 25.8 Å². The molecule has 0 bridgehead atoms. The molecule has 23 heavy (non-hydrogen) atoms. The minimum atomic E-state index is -0.266. The van der Waals surface area contributed by atoms with Crippen molar-refractivity contribution in [3.05, 3.63) is 59.4 Å². The summed E-state index contributed by atoms with van der Waals surface area (Å²) >= 11 is 0. The molecular formula is C18H19FN2Y2-2. The molecule has 5 heteroatoms. The Morgan fingerprint density at radius 2 is 1.74 bits per heavy atom. The third-order valence-corrected chi connectivity index (χ3v) is 2.81. The van der Waals surface area contributed by atoms with Crippen LogP contribution >= 0.6 is 0 Å². The van der Waals surface area contributed by atoms with Gasteiger partial charge in [-0.3, -0.25) is 0 Å². The molecule has 2 radical (unpaired) electrons. The second-order valence-electron chi connectivity index (χ2n) is 5.15. The molecular weight excluding hydrogens is 441 g/mol. The minimum Gasteiger partial charge on any atom is -0.375 e. The van der Waals surface area contributed by atoms with Crippen molar-refractivity contribution in [3.63, 3.8) is 0 Å². The number of nitrogens with zero attached hydrogens (tertiary/aromatic N) is 2. The summed E-state index contributed by atoms with van der Waals surface area (Å²) in [5.41, 5.74) is 2.36. The van der Waals surface area contributed by atoms with Gasteiger partial charge in [-0.15, -0.1) is 24.0 Å². The fourth-order valence-corrected chi connectivity index (χ4v) is 1.55. The van der Waals surface area contributed by atoms with Crippen LogP contribution in [0.2, 0.25) is 0 Å². The van der Waals surface area contributed by atoms with Gasteiger partial charge in [0.1, 0.15) is 0 Å². The molecule has 2 aromatic heterocycles. The normalized spacial score (nSPS) is 9.13. The van der Waals surface area contributed by atoms with Crippen LogP contribution in [0.1, 0.15) is 56.4 Å². The fourth-order valence-electron chi connectivity index (χ4n) is 1.55. The first kappa shape index (κ1) is 25.2. The van der Waals surface area contributed by atoms with Crippen molar-refractivity contribution >= 4 is 0 Å². The van der Waals surface area contributed by atoms with E-state index in [0.717, 1.165) is 5.56 Å². The third-order valence-electron chi connectivity index (χ3n) is 2.81. The molecule has 2 rings (SSSR count). The molecule has 0 aliphatic heterocycles. The van der Waals surface area contributed by atoms with Gasteiger partial charge in [0, 0.05) is 65.4 Å². The number of pyridine rings is 2. The molecule has 0 aliphatic rings. The van der Waals surface area contributed by atoms with Crippen LogP contribution in [0.15, 0.2) is 24.7 Å². The van der Waals surface area contributed by atoms with Crippen molar-refractivity contribution in [3.8, 4) is 12.3 Å². The van der Waals surface area contributed by atoms with Crippen molar-refractivity contribution in [2.75, 3.05) is 0 Å². The summed E-state index contributed by atoms with van der Waals surface area (Å²) in [7, 11) is 0. The predicted molar refractivity (Wildman–Crippen MR) is 82.2 cm³/mol. The van der Waals surface area contributed by atoms with Crippen molar-refractivity contribution in [2.24, 2.45) is 0 Å². The van der Waals surface area contributed by atoms with Crippen LogP contribution in [0.4, 0.5) is 4.39 Å². The van der Waals surface area contributed by atoms with E-state index in [-0.39, 0.29) is 77.2 Å². The fraction of sp³-hybridized carbons (Fsp3) is 0.333. The Kier molecular flexibility index (Phi) is 14.6. The van der Waals surface area contributed by atoms with Gasteiger partial charge >= 0.3 is 0 Å². The number of terminal acetylenes is 1. The molecule has 0 atom stereocenters. The maximum Gasteiger partial charge on any atom is 0 e. The van der Waals surface area contributed by atoms with Gasteiger partial charge in [-0.2, -0.15) is 11.6 Å². The van der Waals surface area contributed by atoms with Gasteiger partial charge in [-0.25, -0.2) is 6.07 Å². The van der Waals surface area contributed by atoms with E-state index >= 15 is 0 Å². The Morgan fingerprint density at radius 3 is 2.09 bits per heavy atom. The van der Waals surface area contributed by atoms with Crippen LogP contribution in [0.5, 0.6) is 0 Å². The van der Waals surface area contributed by atoms with Crippen molar-refractivity contribution in [2.45, 2.75) is 39.5 Å². The Labute approximate surface area is 189 Å². The molecule has 0 aliphatic carbocycles. The zero-order chi connectivity index (χ0) is 15.8. The first-order chi connectivity index (χ1) is 9.95. The molecule has 0 saturated carbocycles. The summed E-state index contributed by atoms with van der Waals surface area (Å²) < 4.78 is 12.7. The summed E-state index contributed by atoms with van der Waals surface area (Å²) in [5, 5.41) is 0. The maximum absolute atomic E-state index is 12.7. The second-order valence-corrected chi connectivity index (χ2v) is 5.15.